The van der Waals surface area contributed by atoms with Gasteiger partial charge in [-0.1, -0.05) is 18.9 Å². The minimum atomic E-state index is -0.469. The topological polar surface area (TPSA) is 97.8 Å². The summed E-state index contributed by atoms with van der Waals surface area (Å²) in [5.41, 5.74) is 6.49. The summed E-state index contributed by atoms with van der Waals surface area (Å²) in [6, 6.07) is 1.50. The average Bonchev–Trinajstić information content (AvgIpc) is 2.58. The quantitative estimate of drug-likeness (QED) is 0.574. The fourth-order valence-corrected chi connectivity index (χ4v) is 2.35. The molecule has 6 heteroatoms. The summed E-state index contributed by atoms with van der Waals surface area (Å²) in [5.74, 6) is 0.566. The normalized spacial score (nSPS) is 27.7. The highest BCUT2D eigenvalue weighted by atomic mass is 16.6. The summed E-state index contributed by atoms with van der Waals surface area (Å²) >= 11 is 0. The largest absolute Gasteiger partial charge is 0.358 e. The lowest BCUT2D eigenvalue weighted by molar-refractivity contribution is -0.389. The zero-order chi connectivity index (χ0) is 11.2. The second-order valence-corrected chi connectivity index (χ2v) is 4.58. The van der Waals surface area contributed by atoms with Crippen LogP contribution in [0, 0.1) is 21.4 Å². The van der Waals surface area contributed by atoms with E-state index in [1.807, 2.05) is 0 Å². The third kappa shape index (κ3) is 1.41. The molecule has 6 nitrogen and oxygen atoms in total. The smallest absolute Gasteiger partial charge is 0.342 e. The molecule has 3 N–H and O–H groups in total. The van der Waals surface area contributed by atoms with E-state index in [0.717, 1.165) is 5.69 Å². The van der Waals surface area contributed by atoms with Crippen LogP contribution in [0.5, 0.6) is 0 Å². The first-order chi connectivity index (χ1) is 6.98. The molecule has 0 aromatic carbocycles. The van der Waals surface area contributed by atoms with E-state index in [1.165, 1.54) is 6.07 Å². The van der Waals surface area contributed by atoms with Crippen LogP contribution in [0.2, 0.25) is 0 Å². The van der Waals surface area contributed by atoms with Crippen molar-refractivity contribution in [1.29, 1.82) is 0 Å². The van der Waals surface area contributed by atoms with E-state index in [9.17, 15) is 10.1 Å². The fourth-order valence-electron chi connectivity index (χ4n) is 2.35. The maximum Gasteiger partial charge on any atom is 0.342 e. The summed E-state index contributed by atoms with van der Waals surface area (Å²) in [6.45, 7) is 4.81. The van der Waals surface area contributed by atoms with Crippen molar-refractivity contribution in [1.82, 2.24) is 10.2 Å². The average molecular weight is 210 g/mol. The molecule has 1 aliphatic rings. The molecule has 0 radical (unpaired) electrons. The lowest BCUT2D eigenvalue weighted by atomic mass is 10.1. The Balaban J connectivity index is 2.22. The summed E-state index contributed by atoms with van der Waals surface area (Å²) in [6.07, 6.45) is 0. The summed E-state index contributed by atoms with van der Waals surface area (Å²) in [5, 5.41) is 16.9. The van der Waals surface area contributed by atoms with Crippen LogP contribution in [0.1, 0.15) is 25.5 Å². The molecular weight excluding hydrogens is 196 g/mol. The number of aromatic nitrogens is 2. The maximum atomic E-state index is 10.5. The molecule has 0 amide bonds. The second kappa shape index (κ2) is 3.03. The van der Waals surface area contributed by atoms with Gasteiger partial charge in [0.05, 0.1) is 11.8 Å². The second-order valence-electron chi connectivity index (χ2n) is 4.58. The van der Waals surface area contributed by atoms with E-state index >= 15 is 0 Å². The van der Waals surface area contributed by atoms with Gasteiger partial charge in [-0.05, 0) is 22.8 Å². The van der Waals surface area contributed by atoms with Crippen LogP contribution < -0.4 is 5.73 Å². The fraction of sp³-hybridized carbons (Fsp3) is 0.667. The number of aromatic amines is 1. The van der Waals surface area contributed by atoms with Gasteiger partial charge < -0.3 is 15.8 Å². The van der Waals surface area contributed by atoms with Crippen molar-refractivity contribution in [3.63, 3.8) is 0 Å². The van der Waals surface area contributed by atoms with Gasteiger partial charge in [0.25, 0.3) is 0 Å². The number of nitro groups is 1. The van der Waals surface area contributed by atoms with Crippen molar-refractivity contribution in [3.8, 4) is 0 Å². The van der Waals surface area contributed by atoms with Gasteiger partial charge in [0, 0.05) is 5.92 Å². The molecule has 1 aromatic heterocycles. The molecule has 15 heavy (non-hydrogen) atoms. The number of nitrogens with two attached hydrogens (primary N) is 1. The van der Waals surface area contributed by atoms with Crippen LogP contribution in [0.25, 0.3) is 0 Å². The van der Waals surface area contributed by atoms with E-state index in [1.54, 1.807) is 0 Å². The molecule has 1 saturated carbocycles. The first-order valence-corrected chi connectivity index (χ1v) is 4.88. The molecule has 1 fully saturated rings. The molecule has 1 aliphatic carbocycles. The molecule has 0 bridgehead atoms. The van der Waals surface area contributed by atoms with Gasteiger partial charge in [-0.25, -0.2) is 0 Å². The van der Waals surface area contributed by atoms with Crippen LogP contribution in [0.4, 0.5) is 5.82 Å². The number of hydrogen-bond donors (Lipinski definition) is 2. The zero-order valence-corrected chi connectivity index (χ0v) is 8.73. The Kier molecular flexibility index (Phi) is 2.04. The van der Waals surface area contributed by atoms with Crippen LogP contribution in [0.3, 0.4) is 0 Å². The Bertz CT molecular complexity index is 399. The number of rotatable bonds is 3. The number of nitrogens with one attached hydrogen (secondary N) is 1. The predicted molar refractivity (Wildman–Crippen MR) is 54.3 cm³/mol. The zero-order valence-electron chi connectivity index (χ0n) is 8.73. The lowest BCUT2D eigenvalue weighted by Gasteiger charge is -1.97. The van der Waals surface area contributed by atoms with E-state index < -0.39 is 4.92 Å². The summed E-state index contributed by atoms with van der Waals surface area (Å²) in [4.78, 5) is 10.0. The Hall–Kier alpha value is -1.43. The first kappa shape index (κ1) is 10.1. The van der Waals surface area contributed by atoms with Crippen molar-refractivity contribution in [2.24, 2.45) is 17.1 Å². The predicted octanol–water partition coefficient (Wildman–Crippen LogP) is 1.02. The number of hydrogen-bond acceptors (Lipinski definition) is 4. The van der Waals surface area contributed by atoms with Gasteiger partial charge in [0.2, 0.25) is 0 Å². The highest BCUT2D eigenvalue weighted by Crippen LogP contribution is 2.63. The monoisotopic (exact) mass is 210 g/mol. The highest BCUT2D eigenvalue weighted by Gasteiger charge is 2.58. The molecule has 0 spiro atoms. The van der Waals surface area contributed by atoms with Gasteiger partial charge >= 0.3 is 5.82 Å². The highest BCUT2D eigenvalue weighted by molar-refractivity contribution is 5.31. The molecule has 2 rings (SSSR count). The van der Waals surface area contributed by atoms with E-state index in [-0.39, 0.29) is 17.2 Å². The third-order valence-corrected chi connectivity index (χ3v) is 3.40. The Morgan fingerprint density at radius 3 is 2.80 bits per heavy atom. The van der Waals surface area contributed by atoms with Gasteiger partial charge in [-0.3, -0.25) is 0 Å². The van der Waals surface area contributed by atoms with Crippen molar-refractivity contribution in [2.45, 2.75) is 19.8 Å². The minimum Gasteiger partial charge on any atom is -0.358 e. The SMILES string of the molecule is CC1(C)[C@@H](CN)[C@@H]1c1cc([N+](=O)[O-])[nH]n1. The molecule has 82 valence electrons. The summed E-state index contributed by atoms with van der Waals surface area (Å²) in [7, 11) is 0. The third-order valence-electron chi connectivity index (χ3n) is 3.40. The van der Waals surface area contributed by atoms with E-state index in [4.69, 9.17) is 5.73 Å². The molecule has 2 atom stereocenters. The Morgan fingerprint density at radius 1 is 1.73 bits per heavy atom. The Morgan fingerprint density at radius 2 is 2.40 bits per heavy atom. The van der Waals surface area contributed by atoms with E-state index in [2.05, 4.69) is 24.0 Å². The van der Waals surface area contributed by atoms with E-state index in [0.29, 0.717) is 12.5 Å². The first-order valence-electron chi connectivity index (χ1n) is 4.88. The Labute approximate surface area is 87.0 Å². The summed E-state index contributed by atoms with van der Waals surface area (Å²) < 4.78 is 0. The van der Waals surface area contributed by atoms with Crippen LogP contribution in [-0.2, 0) is 0 Å². The van der Waals surface area contributed by atoms with Crippen molar-refractivity contribution in [3.05, 3.63) is 21.9 Å². The van der Waals surface area contributed by atoms with Gasteiger partial charge in [0.1, 0.15) is 0 Å². The van der Waals surface area contributed by atoms with Crippen molar-refractivity contribution < 1.29 is 4.92 Å². The molecule has 1 aromatic rings. The molecule has 0 saturated heterocycles. The molecule has 0 aliphatic heterocycles. The minimum absolute atomic E-state index is 0.0523. The molecule has 0 unspecified atom stereocenters. The van der Waals surface area contributed by atoms with Crippen LogP contribution in [0.15, 0.2) is 6.07 Å². The van der Waals surface area contributed by atoms with Crippen molar-refractivity contribution in [2.75, 3.05) is 6.54 Å². The van der Waals surface area contributed by atoms with Gasteiger partial charge in [-0.15, -0.1) is 5.10 Å². The molecule has 1 heterocycles. The van der Waals surface area contributed by atoms with Crippen molar-refractivity contribution >= 4 is 5.82 Å². The lowest BCUT2D eigenvalue weighted by Crippen LogP contribution is -2.05. The van der Waals surface area contributed by atoms with Crippen LogP contribution in [-0.4, -0.2) is 21.7 Å². The number of H-pyrrole nitrogens is 1. The van der Waals surface area contributed by atoms with Gasteiger partial charge in [-0.2, -0.15) is 0 Å². The van der Waals surface area contributed by atoms with Gasteiger partial charge in [0.15, 0.2) is 0 Å². The standard InChI is InChI=1S/C9H14N4O2/c1-9(2)5(4-10)8(9)6-3-7(12-11-6)13(14)15/h3,5,8H,4,10H2,1-2H3,(H,11,12)/t5-,8+/m0/s1. The van der Waals surface area contributed by atoms with Crippen LogP contribution >= 0.6 is 0 Å². The molecular formula is C9H14N4O2. The number of nitrogens with zero attached hydrogens (tertiary/aromatic N) is 2. The maximum absolute atomic E-state index is 10.5.